The Kier molecular flexibility index (Phi) is 30.0. The Balaban J connectivity index is 1.16. The van der Waals surface area contributed by atoms with Crippen molar-refractivity contribution in [2.45, 2.75) is 26.4 Å². The molecule has 1 aliphatic heterocycles. The molecule has 0 N–H and O–H groups in total. The number of ether oxygens (including phenoxy) is 13. The second-order valence-corrected chi connectivity index (χ2v) is 13.6. The van der Waals surface area contributed by atoms with E-state index in [9.17, 15) is 14.4 Å². The topological polar surface area (TPSA) is 178 Å². The number of hydrogen-bond acceptors (Lipinski definition) is 16. The van der Waals surface area contributed by atoms with Gasteiger partial charge in [0.2, 0.25) is 0 Å². The third-order valence-electron chi connectivity index (χ3n) is 7.71. The van der Waals surface area contributed by atoms with E-state index in [0.717, 1.165) is 0 Å². The van der Waals surface area contributed by atoms with Crippen LogP contribution in [0.5, 0.6) is 0 Å². The van der Waals surface area contributed by atoms with E-state index in [1.165, 1.54) is 9.80 Å². The second-order valence-electron chi connectivity index (χ2n) is 13.6. The Morgan fingerprint density at radius 3 is 1.00 bits per heavy atom. The van der Waals surface area contributed by atoms with Crippen LogP contribution in [0.4, 0.5) is 4.79 Å². The van der Waals surface area contributed by atoms with Crippen molar-refractivity contribution in [2.24, 2.45) is 0 Å². The quantitative estimate of drug-likeness (QED) is 0.0697. The van der Waals surface area contributed by atoms with Gasteiger partial charge in [-0.2, -0.15) is 0 Å². The molecule has 334 valence electrons. The zero-order valence-electron chi connectivity index (χ0n) is 35.1. The van der Waals surface area contributed by atoms with Gasteiger partial charge in [-0.05, 0) is 32.9 Å². The van der Waals surface area contributed by atoms with Gasteiger partial charge >= 0.3 is 6.09 Å². The van der Waals surface area contributed by atoms with Gasteiger partial charge < -0.3 is 66.5 Å². The standard InChI is InChI=1S/C40H68N2O16/c1-40(2,3)58-39(45)41(4)9-11-46-13-15-48-17-19-50-21-23-52-25-27-54-29-31-56-33-34-57-32-30-55-28-26-53-24-22-51-20-18-49-16-14-47-12-10-42-37(43)35-7-5-6-8-36(35)38(42)44/h5-8H,9-34H2,1-4H3. The molecule has 1 aliphatic rings. The number of rotatable bonds is 39. The molecule has 1 aromatic carbocycles. The van der Waals surface area contributed by atoms with Crippen LogP contribution in [-0.2, 0) is 61.6 Å². The van der Waals surface area contributed by atoms with E-state index < -0.39 is 5.60 Å². The first kappa shape index (κ1) is 51.3. The summed E-state index contributed by atoms with van der Waals surface area (Å²) < 4.78 is 71.1. The number of imide groups is 1. The highest BCUT2D eigenvalue weighted by Gasteiger charge is 2.34. The molecule has 0 saturated carbocycles. The molecule has 0 aliphatic carbocycles. The number of carbonyl (C=O) groups excluding carboxylic acids is 3. The maximum atomic E-state index is 12.3. The summed E-state index contributed by atoms with van der Waals surface area (Å²) in [5.74, 6) is -0.564. The minimum Gasteiger partial charge on any atom is -0.444 e. The molecule has 0 unspecified atom stereocenters. The number of carbonyl (C=O) groups is 3. The Bertz CT molecular complexity index is 1170. The molecule has 2 rings (SSSR count). The van der Waals surface area contributed by atoms with Crippen LogP contribution in [0.2, 0.25) is 0 Å². The van der Waals surface area contributed by atoms with Crippen molar-refractivity contribution in [3.63, 3.8) is 0 Å². The lowest BCUT2D eigenvalue weighted by Crippen LogP contribution is -2.36. The second kappa shape index (κ2) is 33.9. The summed E-state index contributed by atoms with van der Waals surface area (Å²) in [7, 11) is 1.68. The fourth-order valence-electron chi connectivity index (χ4n) is 4.75. The molecular weight excluding hydrogens is 764 g/mol. The van der Waals surface area contributed by atoms with E-state index in [1.807, 2.05) is 20.8 Å². The van der Waals surface area contributed by atoms with Gasteiger partial charge in [-0.15, -0.1) is 0 Å². The van der Waals surface area contributed by atoms with Gasteiger partial charge in [0.25, 0.3) is 11.8 Å². The molecule has 1 aromatic rings. The number of amides is 3. The lowest BCUT2D eigenvalue weighted by molar-refractivity contribution is -0.0285. The third-order valence-corrected chi connectivity index (χ3v) is 7.71. The van der Waals surface area contributed by atoms with E-state index in [2.05, 4.69) is 0 Å². The number of fused-ring (bicyclic) bond motifs is 1. The lowest BCUT2D eigenvalue weighted by atomic mass is 10.1. The van der Waals surface area contributed by atoms with Crippen LogP contribution >= 0.6 is 0 Å². The SMILES string of the molecule is CN(CCOCCOCCOCCOCCOCCOCCOCCOCCOCCOCCOCCOCCN1C(=O)c2ccccc2C1=O)C(=O)OC(C)(C)C. The third kappa shape index (κ3) is 26.3. The van der Waals surface area contributed by atoms with Crippen molar-refractivity contribution in [3.8, 4) is 0 Å². The lowest BCUT2D eigenvalue weighted by Gasteiger charge is -2.24. The zero-order valence-corrected chi connectivity index (χ0v) is 35.1. The highest BCUT2D eigenvalue weighted by molar-refractivity contribution is 6.21. The van der Waals surface area contributed by atoms with Gasteiger partial charge in [-0.1, -0.05) is 12.1 Å². The normalized spacial score (nSPS) is 12.8. The van der Waals surface area contributed by atoms with E-state index in [0.29, 0.717) is 170 Å². The van der Waals surface area contributed by atoms with Gasteiger partial charge in [0, 0.05) is 13.6 Å². The first-order valence-electron chi connectivity index (χ1n) is 20.0. The van der Waals surface area contributed by atoms with Crippen molar-refractivity contribution in [2.75, 3.05) is 179 Å². The van der Waals surface area contributed by atoms with Crippen molar-refractivity contribution < 1.29 is 76.0 Å². The largest absolute Gasteiger partial charge is 0.444 e. The summed E-state index contributed by atoms with van der Waals surface area (Å²) in [6, 6.07) is 6.81. The van der Waals surface area contributed by atoms with Crippen molar-refractivity contribution in [3.05, 3.63) is 35.4 Å². The Morgan fingerprint density at radius 2 is 0.724 bits per heavy atom. The van der Waals surface area contributed by atoms with E-state index in [-0.39, 0.29) is 31.1 Å². The predicted molar refractivity (Wildman–Crippen MR) is 211 cm³/mol. The van der Waals surface area contributed by atoms with Crippen molar-refractivity contribution >= 4 is 17.9 Å². The van der Waals surface area contributed by atoms with Gasteiger partial charge in [0.15, 0.2) is 0 Å². The van der Waals surface area contributed by atoms with Crippen molar-refractivity contribution in [1.82, 2.24) is 9.80 Å². The molecule has 0 spiro atoms. The first-order chi connectivity index (χ1) is 28.2. The summed E-state index contributed by atoms with van der Waals surface area (Å²) in [4.78, 5) is 39.2. The maximum Gasteiger partial charge on any atom is 0.410 e. The highest BCUT2D eigenvalue weighted by atomic mass is 16.6. The van der Waals surface area contributed by atoms with Gasteiger partial charge in [0.05, 0.1) is 176 Å². The van der Waals surface area contributed by atoms with Crippen LogP contribution in [0.15, 0.2) is 24.3 Å². The number of benzene rings is 1. The minimum absolute atomic E-state index is 0.208. The molecule has 0 saturated heterocycles. The van der Waals surface area contributed by atoms with E-state index in [4.69, 9.17) is 61.6 Å². The average molecular weight is 833 g/mol. The molecule has 18 nitrogen and oxygen atoms in total. The van der Waals surface area contributed by atoms with Gasteiger partial charge in [-0.25, -0.2) is 4.79 Å². The zero-order chi connectivity index (χ0) is 41.9. The van der Waals surface area contributed by atoms with Crippen LogP contribution in [0.3, 0.4) is 0 Å². The predicted octanol–water partition coefficient (Wildman–Crippen LogP) is 2.35. The number of hydrogen-bond donors (Lipinski definition) is 0. The fraction of sp³-hybridized carbons (Fsp3) is 0.775. The summed E-state index contributed by atoms with van der Waals surface area (Å²) in [5, 5.41) is 0. The van der Waals surface area contributed by atoms with Crippen LogP contribution in [0.25, 0.3) is 0 Å². The van der Waals surface area contributed by atoms with E-state index in [1.54, 1.807) is 31.3 Å². The Labute approximate surface area is 343 Å². The highest BCUT2D eigenvalue weighted by Crippen LogP contribution is 2.21. The Hall–Kier alpha value is -2.85. The van der Waals surface area contributed by atoms with Gasteiger partial charge in [0.1, 0.15) is 5.60 Å². The first-order valence-corrected chi connectivity index (χ1v) is 20.0. The Morgan fingerprint density at radius 1 is 0.466 bits per heavy atom. The molecule has 18 heteroatoms. The van der Waals surface area contributed by atoms with Crippen LogP contribution in [-0.4, -0.2) is 212 Å². The minimum atomic E-state index is -0.518. The molecule has 0 aromatic heterocycles. The maximum absolute atomic E-state index is 12.3. The van der Waals surface area contributed by atoms with Crippen molar-refractivity contribution in [1.29, 1.82) is 0 Å². The molecule has 0 atom stereocenters. The summed E-state index contributed by atoms with van der Waals surface area (Å²) in [5.41, 5.74) is 0.357. The number of likely N-dealkylation sites (N-methyl/N-ethyl adjacent to an activating group) is 1. The molecule has 0 fully saturated rings. The fourth-order valence-corrected chi connectivity index (χ4v) is 4.75. The monoisotopic (exact) mass is 832 g/mol. The molecule has 0 bridgehead atoms. The molecule has 58 heavy (non-hydrogen) atoms. The summed E-state index contributed by atoms with van der Waals surface area (Å²) >= 11 is 0. The van der Waals surface area contributed by atoms with Crippen LogP contribution in [0, 0.1) is 0 Å². The number of nitrogens with zero attached hydrogens (tertiary/aromatic N) is 2. The molecular formula is C40H68N2O16. The summed E-state index contributed by atoms with van der Waals surface area (Å²) in [6.07, 6.45) is -0.370. The molecule has 3 amide bonds. The summed E-state index contributed by atoms with van der Waals surface area (Å²) in [6.45, 7) is 16.9. The van der Waals surface area contributed by atoms with Gasteiger partial charge in [-0.3, -0.25) is 14.5 Å². The smallest absolute Gasteiger partial charge is 0.410 e. The van der Waals surface area contributed by atoms with Crippen LogP contribution in [0.1, 0.15) is 41.5 Å². The average Bonchev–Trinajstić information content (AvgIpc) is 3.44. The van der Waals surface area contributed by atoms with E-state index >= 15 is 0 Å². The van der Waals surface area contributed by atoms with Crippen LogP contribution < -0.4 is 0 Å². The molecule has 1 heterocycles. The molecule has 0 radical (unpaired) electrons.